The number of carbonyl (C=O) groups is 3. The predicted molar refractivity (Wildman–Crippen MR) is 81.5 cm³/mol. The summed E-state index contributed by atoms with van der Waals surface area (Å²) in [5, 5.41) is 0. The zero-order valence-corrected chi connectivity index (χ0v) is 14.0. The van der Waals surface area contributed by atoms with Gasteiger partial charge in [0.2, 0.25) is 0 Å². The van der Waals surface area contributed by atoms with Gasteiger partial charge in [-0.25, -0.2) is 0 Å². The minimum atomic E-state index is -0.456. The van der Waals surface area contributed by atoms with E-state index in [-0.39, 0.29) is 21.7 Å². The Morgan fingerprint density at radius 3 is 2.60 bits per heavy atom. The molecule has 1 aliphatic carbocycles. The lowest BCUT2D eigenvalue weighted by atomic mass is 9.84. The molecule has 0 spiro atoms. The van der Waals surface area contributed by atoms with Gasteiger partial charge in [-0.15, -0.1) is 0 Å². The summed E-state index contributed by atoms with van der Waals surface area (Å²) in [7, 11) is 0. The van der Waals surface area contributed by atoms with E-state index in [1.807, 2.05) is 0 Å². The summed E-state index contributed by atoms with van der Waals surface area (Å²) in [6.45, 7) is 3.49. The summed E-state index contributed by atoms with van der Waals surface area (Å²) in [6.07, 6.45) is 3.09. The Balaban J connectivity index is 2.79. The fourth-order valence-corrected chi connectivity index (χ4v) is 3.82. The van der Waals surface area contributed by atoms with Crippen LogP contribution in [-0.4, -0.2) is 34.9 Å². The first-order valence-corrected chi connectivity index (χ1v) is 8.17. The zero-order valence-electron chi connectivity index (χ0n) is 11.8. The van der Waals surface area contributed by atoms with Crippen LogP contribution >= 0.6 is 22.6 Å². The molecule has 4 atom stereocenters. The molecule has 0 N–H and O–H groups in total. The first-order valence-electron chi connectivity index (χ1n) is 6.92. The minimum absolute atomic E-state index is 0.0681. The fourth-order valence-electron chi connectivity index (χ4n) is 2.53. The maximum Gasteiger partial charge on any atom is 0.308 e. The minimum Gasteiger partial charge on any atom is -0.466 e. The maximum absolute atomic E-state index is 11.9. The molecule has 0 aliphatic heterocycles. The number of hydrogen-bond donors (Lipinski definition) is 0. The van der Waals surface area contributed by atoms with E-state index in [0.29, 0.717) is 19.4 Å². The van der Waals surface area contributed by atoms with Crippen molar-refractivity contribution in [2.75, 3.05) is 6.61 Å². The van der Waals surface area contributed by atoms with Gasteiger partial charge in [0.25, 0.3) is 0 Å². The summed E-state index contributed by atoms with van der Waals surface area (Å²) in [5.41, 5.74) is 0. The molecule has 114 valence electrons. The van der Waals surface area contributed by atoms with Crippen molar-refractivity contribution in [3.63, 3.8) is 0 Å². The number of alkyl halides is 1. The normalized spacial score (nSPS) is 30.8. The molecule has 0 saturated heterocycles. The lowest BCUT2D eigenvalue weighted by molar-refractivity contribution is -0.151. The molecule has 0 aromatic carbocycles. The second-order valence-electron chi connectivity index (χ2n) is 5.01. The van der Waals surface area contributed by atoms with Gasteiger partial charge < -0.3 is 14.3 Å². The average Bonchev–Trinajstić information content (AvgIpc) is 2.38. The van der Waals surface area contributed by atoms with Gasteiger partial charge in [0.1, 0.15) is 12.4 Å². The van der Waals surface area contributed by atoms with Crippen LogP contribution in [0.2, 0.25) is 0 Å². The third kappa shape index (κ3) is 5.03. The molecule has 1 rings (SSSR count). The molecular weight excluding hydrogens is 375 g/mol. The molecule has 20 heavy (non-hydrogen) atoms. The molecule has 1 saturated carbocycles. The SMILES string of the molecule is CCOC(=O)C1CCCC(C=O)C(OC(C)=O)C(I)C1. The highest BCUT2D eigenvalue weighted by Gasteiger charge is 2.36. The fraction of sp³-hybridized carbons (Fsp3) is 0.786. The van der Waals surface area contributed by atoms with E-state index < -0.39 is 12.1 Å². The van der Waals surface area contributed by atoms with Crippen molar-refractivity contribution in [2.45, 2.75) is 49.6 Å². The maximum atomic E-state index is 11.9. The number of rotatable bonds is 4. The Kier molecular flexibility index (Phi) is 7.47. The molecule has 0 aromatic rings. The van der Waals surface area contributed by atoms with Gasteiger partial charge in [0.15, 0.2) is 0 Å². The predicted octanol–water partition coefficient (Wildman–Crippen LogP) is 2.29. The third-order valence-corrected chi connectivity index (χ3v) is 4.69. The quantitative estimate of drug-likeness (QED) is 0.316. The molecule has 0 heterocycles. The summed E-state index contributed by atoms with van der Waals surface area (Å²) in [5.74, 6) is -1.05. The van der Waals surface area contributed by atoms with Crippen LogP contribution < -0.4 is 0 Å². The smallest absolute Gasteiger partial charge is 0.308 e. The van der Waals surface area contributed by atoms with Crippen molar-refractivity contribution in [2.24, 2.45) is 11.8 Å². The summed E-state index contributed by atoms with van der Waals surface area (Å²) >= 11 is 2.17. The Bertz CT molecular complexity index is 357. The average molecular weight is 396 g/mol. The van der Waals surface area contributed by atoms with Gasteiger partial charge in [-0.2, -0.15) is 0 Å². The number of ether oxygens (including phenoxy) is 2. The van der Waals surface area contributed by atoms with Crippen LogP contribution in [0.4, 0.5) is 0 Å². The standard InChI is InChI=1S/C14H21IO5/c1-3-19-14(18)10-5-4-6-11(8-16)13(12(15)7-10)20-9(2)17/h8,10-13H,3-7H2,1-2H3. The van der Waals surface area contributed by atoms with Crippen molar-refractivity contribution >= 4 is 40.8 Å². The van der Waals surface area contributed by atoms with Gasteiger partial charge >= 0.3 is 11.9 Å². The number of halogens is 1. The Morgan fingerprint density at radius 2 is 2.05 bits per heavy atom. The van der Waals surface area contributed by atoms with E-state index in [1.165, 1.54) is 6.92 Å². The molecule has 0 radical (unpaired) electrons. The second kappa shape index (κ2) is 8.59. The molecule has 1 aliphatic rings. The molecule has 0 amide bonds. The second-order valence-corrected chi connectivity index (χ2v) is 6.61. The van der Waals surface area contributed by atoms with Crippen molar-refractivity contribution in [1.29, 1.82) is 0 Å². The monoisotopic (exact) mass is 396 g/mol. The van der Waals surface area contributed by atoms with E-state index in [4.69, 9.17) is 9.47 Å². The van der Waals surface area contributed by atoms with Gasteiger partial charge in [-0.1, -0.05) is 29.0 Å². The van der Waals surface area contributed by atoms with Crippen LogP contribution in [0.3, 0.4) is 0 Å². The first kappa shape index (κ1) is 17.4. The highest BCUT2D eigenvalue weighted by atomic mass is 127. The van der Waals surface area contributed by atoms with Crippen LogP contribution in [0.1, 0.15) is 39.5 Å². The van der Waals surface area contributed by atoms with E-state index in [1.54, 1.807) is 6.92 Å². The zero-order chi connectivity index (χ0) is 15.1. The van der Waals surface area contributed by atoms with E-state index in [9.17, 15) is 14.4 Å². The summed E-state index contributed by atoms with van der Waals surface area (Å²) in [6, 6.07) is 0. The Labute approximate surface area is 132 Å². The van der Waals surface area contributed by atoms with Crippen LogP contribution in [-0.2, 0) is 23.9 Å². The molecule has 4 unspecified atom stereocenters. The van der Waals surface area contributed by atoms with Gasteiger partial charge in [-0.3, -0.25) is 9.59 Å². The van der Waals surface area contributed by atoms with Crippen LogP contribution in [0, 0.1) is 11.8 Å². The number of aldehydes is 1. The van der Waals surface area contributed by atoms with Crippen molar-refractivity contribution in [3.8, 4) is 0 Å². The molecule has 0 bridgehead atoms. The van der Waals surface area contributed by atoms with Crippen molar-refractivity contribution in [3.05, 3.63) is 0 Å². The van der Waals surface area contributed by atoms with Crippen molar-refractivity contribution in [1.82, 2.24) is 0 Å². The van der Waals surface area contributed by atoms with E-state index in [0.717, 1.165) is 19.1 Å². The van der Waals surface area contributed by atoms with Crippen LogP contribution in [0.5, 0.6) is 0 Å². The highest BCUT2D eigenvalue weighted by Crippen LogP contribution is 2.32. The number of esters is 2. The topological polar surface area (TPSA) is 69.7 Å². The number of hydrogen-bond acceptors (Lipinski definition) is 5. The first-order chi connectivity index (χ1) is 9.49. The third-order valence-electron chi connectivity index (χ3n) is 3.47. The highest BCUT2D eigenvalue weighted by molar-refractivity contribution is 14.1. The lowest BCUT2D eigenvalue weighted by Crippen LogP contribution is -2.39. The summed E-state index contributed by atoms with van der Waals surface area (Å²) < 4.78 is 10.3. The van der Waals surface area contributed by atoms with Crippen LogP contribution in [0.15, 0.2) is 0 Å². The van der Waals surface area contributed by atoms with Gasteiger partial charge in [-0.05, 0) is 26.2 Å². The molecule has 1 fully saturated rings. The lowest BCUT2D eigenvalue weighted by Gasteiger charge is -2.31. The molecule has 5 nitrogen and oxygen atoms in total. The Hall–Kier alpha value is -0.660. The van der Waals surface area contributed by atoms with E-state index in [2.05, 4.69) is 22.6 Å². The number of carbonyl (C=O) groups excluding carboxylic acids is 3. The molecular formula is C14H21IO5. The van der Waals surface area contributed by atoms with Crippen LogP contribution in [0.25, 0.3) is 0 Å². The molecule has 6 heteroatoms. The van der Waals surface area contributed by atoms with E-state index >= 15 is 0 Å². The van der Waals surface area contributed by atoms with Gasteiger partial charge in [0.05, 0.1) is 18.4 Å². The largest absolute Gasteiger partial charge is 0.466 e. The Morgan fingerprint density at radius 1 is 1.35 bits per heavy atom. The summed E-state index contributed by atoms with van der Waals surface area (Å²) in [4.78, 5) is 34.3. The van der Waals surface area contributed by atoms with Gasteiger partial charge in [0, 0.05) is 10.8 Å². The van der Waals surface area contributed by atoms with Crippen molar-refractivity contribution < 1.29 is 23.9 Å². The molecule has 0 aromatic heterocycles.